The SMILES string of the molecule is Cc1nn(C)c(C)c1-c1cc(C(=O)NCc2ccccc2CN(C)C)[nH]n1. The molecule has 0 saturated heterocycles. The predicted molar refractivity (Wildman–Crippen MR) is 105 cm³/mol. The van der Waals surface area contributed by atoms with Gasteiger partial charge in [0.25, 0.3) is 5.91 Å². The Labute approximate surface area is 159 Å². The van der Waals surface area contributed by atoms with E-state index in [1.807, 2.05) is 57.9 Å². The molecule has 0 atom stereocenters. The molecule has 0 radical (unpaired) electrons. The van der Waals surface area contributed by atoms with Gasteiger partial charge in [-0.25, -0.2) is 0 Å². The fourth-order valence-electron chi connectivity index (χ4n) is 3.21. The van der Waals surface area contributed by atoms with Crippen LogP contribution in [0.2, 0.25) is 0 Å². The highest BCUT2D eigenvalue weighted by Crippen LogP contribution is 2.25. The average Bonchev–Trinajstić information content (AvgIpc) is 3.18. The van der Waals surface area contributed by atoms with Crippen LogP contribution in [0, 0.1) is 13.8 Å². The lowest BCUT2D eigenvalue weighted by molar-refractivity contribution is 0.0946. The molecule has 2 aromatic heterocycles. The third-order valence-electron chi connectivity index (χ3n) is 4.63. The molecule has 3 rings (SSSR count). The maximum Gasteiger partial charge on any atom is 0.269 e. The van der Waals surface area contributed by atoms with Gasteiger partial charge >= 0.3 is 0 Å². The van der Waals surface area contributed by atoms with Crippen LogP contribution >= 0.6 is 0 Å². The third kappa shape index (κ3) is 4.09. The van der Waals surface area contributed by atoms with Crippen molar-refractivity contribution in [3.05, 3.63) is 58.5 Å². The summed E-state index contributed by atoms with van der Waals surface area (Å²) in [6.07, 6.45) is 0. The first kappa shape index (κ1) is 18.8. The van der Waals surface area contributed by atoms with Crippen LogP contribution in [0.15, 0.2) is 30.3 Å². The van der Waals surface area contributed by atoms with Crippen molar-refractivity contribution in [2.75, 3.05) is 14.1 Å². The van der Waals surface area contributed by atoms with Crippen molar-refractivity contribution >= 4 is 5.91 Å². The molecule has 0 bridgehead atoms. The van der Waals surface area contributed by atoms with Crippen molar-refractivity contribution < 1.29 is 4.79 Å². The van der Waals surface area contributed by atoms with E-state index in [0.29, 0.717) is 12.2 Å². The van der Waals surface area contributed by atoms with Gasteiger partial charge in [-0.05, 0) is 45.1 Å². The largest absolute Gasteiger partial charge is 0.347 e. The summed E-state index contributed by atoms with van der Waals surface area (Å²) in [6.45, 7) is 5.24. The summed E-state index contributed by atoms with van der Waals surface area (Å²) in [4.78, 5) is 14.7. The van der Waals surface area contributed by atoms with E-state index < -0.39 is 0 Å². The summed E-state index contributed by atoms with van der Waals surface area (Å²) in [5.74, 6) is -0.174. The van der Waals surface area contributed by atoms with Gasteiger partial charge in [0.05, 0.1) is 11.4 Å². The minimum absolute atomic E-state index is 0.174. The molecule has 0 aliphatic heterocycles. The molecule has 142 valence electrons. The number of rotatable bonds is 6. The van der Waals surface area contributed by atoms with E-state index in [0.717, 1.165) is 34.8 Å². The van der Waals surface area contributed by atoms with E-state index in [-0.39, 0.29) is 5.91 Å². The molecular weight excluding hydrogens is 340 g/mol. The average molecular weight is 366 g/mol. The smallest absolute Gasteiger partial charge is 0.269 e. The summed E-state index contributed by atoms with van der Waals surface area (Å²) in [5, 5.41) is 14.5. The van der Waals surface area contributed by atoms with Gasteiger partial charge in [0.1, 0.15) is 5.69 Å². The number of aryl methyl sites for hydroxylation is 2. The molecule has 2 heterocycles. The maximum absolute atomic E-state index is 12.6. The van der Waals surface area contributed by atoms with Gasteiger partial charge in [-0.1, -0.05) is 24.3 Å². The first-order valence-corrected chi connectivity index (χ1v) is 8.92. The zero-order valence-electron chi connectivity index (χ0n) is 16.5. The Morgan fingerprint density at radius 1 is 1.22 bits per heavy atom. The summed E-state index contributed by atoms with van der Waals surface area (Å²) in [7, 11) is 5.96. The van der Waals surface area contributed by atoms with Gasteiger partial charge in [-0.2, -0.15) is 10.2 Å². The number of H-pyrrole nitrogens is 1. The Morgan fingerprint density at radius 3 is 2.56 bits per heavy atom. The lowest BCUT2D eigenvalue weighted by Crippen LogP contribution is -2.24. The summed E-state index contributed by atoms with van der Waals surface area (Å²) in [6, 6.07) is 9.91. The molecular formula is C20H26N6O. The van der Waals surface area contributed by atoms with E-state index >= 15 is 0 Å². The lowest BCUT2D eigenvalue weighted by Gasteiger charge is -2.14. The van der Waals surface area contributed by atoms with Gasteiger partial charge in [-0.15, -0.1) is 0 Å². The molecule has 7 heteroatoms. The molecule has 0 spiro atoms. The number of nitrogens with one attached hydrogen (secondary N) is 2. The molecule has 1 aromatic carbocycles. The standard InChI is InChI=1S/C20H26N6O/c1-13-19(14(2)26(5)24-13)17-10-18(23-22-17)20(27)21-11-15-8-6-7-9-16(15)12-25(3)4/h6-10H,11-12H2,1-5H3,(H,21,27)(H,22,23). The highest BCUT2D eigenvalue weighted by molar-refractivity contribution is 5.93. The molecule has 2 N–H and O–H groups in total. The molecule has 0 unspecified atom stereocenters. The number of carbonyl (C=O) groups is 1. The van der Waals surface area contributed by atoms with E-state index in [1.165, 1.54) is 5.56 Å². The molecule has 0 saturated carbocycles. The first-order chi connectivity index (χ1) is 12.9. The van der Waals surface area contributed by atoms with E-state index in [9.17, 15) is 4.79 Å². The summed E-state index contributed by atoms with van der Waals surface area (Å²) < 4.78 is 1.82. The Kier molecular flexibility index (Phi) is 5.41. The number of hydrogen-bond donors (Lipinski definition) is 2. The van der Waals surface area contributed by atoms with E-state index in [4.69, 9.17) is 0 Å². The third-order valence-corrected chi connectivity index (χ3v) is 4.63. The Hall–Kier alpha value is -2.93. The number of amides is 1. The second kappa shape index (κ2) is 7.75. The van der Waals surface area contributed by atoms with Gasteiger partial charge in [0.2, 0.25) is 0 Å². The second-order valence-corrected chi connectivity index (χ2v) is 7.03. The van der Waals surface area contributed by atoms with Crippen molar-refractivity contribution in [1.82, 2.24) is 30.2 Å². The zero-order valence-corrected chi connectivity index (χ0v) is 16.5. The number of nitrogens with zero attached hydrogens (tertiary/aromatic N) is 4. The number of carbonyl (C=O) groups excluding carboxylic acids is 1. The van der Waals surface area contributed by atoms with Crippen LogP contribution < -0.4 is 5.32 Å². The van der Waals surface area contributed by atoms with Crippen LogP contribution in [0.4, 0.5) is 0 Å². The van der Waals surface area contributed by atoms with Gasteiger partial charge in [0, 0.05) is 31.4 Å². The van der Waals surface area contributed by atoms with Crippen LogP contribution in [0.3, 0.4) is 0 Å². The van der Waals surface area contributed by atoms with Crippen LogP contribution in [0.1, 0.15) is 33.0 Å². The summed E-state index contributed by atoms with van der Waals surface area (Å²) in [5.41, 5.74) is 6.36. The zero-order chi connectivity index (χ0) is 19.6. The van der Waals surface area contributed by atoms with Crippen LogP contribution in [0.25, 0.3) is 11.3 Å². The molecule has 7 nitrogen and oxygen atoms in total. The van der Waals surface area contributed by atoms with Crippen molar-refractivity contribution in [2.45, 2.75) is 26.9 Å². The fraction of sp³-hybridized carbons (Fsp3) is 0.350. The fourth-order valence-corrected chi connectivity index (χ4v) is 3.21. The lowest BCUT2D eigenvalue weighted by atomic mass is 10.1. The minimum atomic E-state index is -0.174. The molecule has 0 aliphatic carbocycles. The molecule has 1 amide bonds. The first-order valence-electron chi connectivity index (χ1n) is 8.92. The Bertz CT molecular complexity index is 953. The highest BCUT2D eigenvalue weighted by Gasteiger charge is 2.17. The van der Waals surface area contributed by atoms with Crippen molar-refractivity contribution in [3.8, 4) is 11.3 Å². The normalized spacial score (nSPS) is 11.2. The second-order valence-electron chi connectivity index (χ2n) is 7.03. The Morgan fingerprint density at radius 2 is 1.93 bits per heavy atom. The predicted octanol–water partition coefficient (Wildman–Crippen LogP) is 2.42. The van der Waals surface area contributed by atoms with Gasteiger partial charge in [-0.3, -0.25) is 14.6 Å². The topological polar surface area (TPSA) is 78.8 Å². The number of aromatic amines is 1. The molecule has 3 aromatic rings. The van der Waals surface area contributed by atoms with Crippen LogP contribution in [-0.2, 0) is 20.1 Å². The van der Waals surface area contributed by atoms with E-state index in [2.05, 4.69) is 31.6 Å². The van der Waals surface area contributed by atoms with Gasteiger partial charge < -0.3 is 10.2 Å². The summed E-state index contributed by atoms with van der Waals surface area (Å²) >= 11 is 0. The molecule has 0 aliphatic rings. The quantitative estimate of drug-likeness (QED) is 0.702. The van der Waals surface area contributed by atoms with Crippen LogP contribution in [0.5, 0.6) is 0 Å². The van der Waals surface area contributed by atoms with Crippen molar-refractivity contribution in [1.29, 1.82) is 0 Å². The number of aromatic nitrogens is 4. The minimum Gasteiger partial charge on any atom is -0.347 e. The number of hydrogen-bond acceptors (Lipinski definition) is 4. The highest BCUT2D eigenvalue weighted by atomic mass is 16.1. The Balaban J connectivity index is 1.72. The maximum atomic E-state index is 12.6. The number of benzene rings is 1. The molecule has 0 fully saturated rings. The monoisotopic (exact) mass is 366 g/mol. The van der Waals surface area contributed by atoms with Gasteiger partial charge in [0.15, 0.2) is 0 Å². The van der Waals surface area contributed by atoms with Crippen LogP contribution in [-0.4, -0.2) is 44.9 Å². The van der Waals surface area contributed by atoms with E-state index in [1.54, 1.807) is 6.07 Å². The molecule has 27 heavy (non-hydrogen) atoms. The van der Waals surface area contributed by atoms with Crippen molar-refractivity contribution in [3.63, 3.8) is 0 Å². The van der Waals surface area contributed by atoms with Crippen molar-refractivity contribution in [2.24, 2.45) is 7.05 Å².